The topological polar surface area (TPSA) is 66.5 Å². The van der Waals surface area contributed by atoms with E-state index in [4.69, 9.17) is 0 Å². The zero-order valence-corrected chi connectivity index (χ0v) is 14.9. The fourth-order valence-electron chi connectivity index (χ4n) is 2.98. The van der Waals surface area contributed by atoms with Crippen molar-refractivity contribution in [3.8, 4) is 0 Å². The number of nitrogens with zero attached hydrogens (tertiary/aromatic N) is 1. The summed E-state index contributed by atoms with van der Waals surface area (Å²) in [5, 5.41) is 0. The van der Waals surface area contributed by atoms with Crippen molar-refractivity contribution >= 4 is 27.3 Å². The van der Waals surface area contributed by atoms with Crippen molar-refractivity contribution in [2.45, 2.75) is 31.1 Å². The Morgan fingerprint density at radius 2 is 1.96 bits per heavy atom. The average molecular weight is 380 g/mol. The SMILES string of the molecule is CCC(=O)N1CCCc2ccc(NS(=O)(=O)c3cc(F)ccc3F)cc21. The number of carbonyl (C=O) groups is 1. The molecule has 0 unspecified atom stereocenters. The van der Waals surface area contributed by atoms with Crippen LogP contribution < -0.4 is 9.62 Å². The smallest absolute Gasteiger partial charge is 0.264 e. The summed E-state index contributed by atoms with van der Waals surface area (Å²) < 4.78 is 54.2. The molecule has 3 rings (SSSR count). The van der Waals surface area contributed by atoms with E-state index in [2.05, 4.69) is 4.72 Å². The number of nitrogens with one attached hydrogen (secondary N) is 1. The Balaban J connectivity index is 1.96. The van der Waals surface area contributed by atoms with Gasteiger partial charge in [-0.05, 0) is 48.7 Å². The molecule has 1 aliphatic rings. The molecule has 0 radical (unpaired) electrons. The van der Waals surface area contributed by atoms with Crippen LogP contribution in [0.15, 0.2) is 41.3 Å². The molecule has 0 atom stereocenters. The predicted octanol–water partition coefficient (Wildman–Crippen LogP) is 3.45. The van der Waals surface area contributed by atoms with Gasteiger partial charge >= 0.3 is 0 Å². The minimum absolute atomic E-state index is 0.0536. The van der Waals surface area contributed by atoms with Gasteiger partial charge in [0, 0.05) is 18.7 Å². The Kier molecular flexibility index (Phi) is 4.95. The number of halogens is 2. The predicted molar refractivity (Wildman–Crippen MR) is 94.6 cm³/mol. The van der Waals surface area contributed by atoms with Crippen LogP contribution in [0.4, 0.5) is 20.2 Å². The lowest BCUT2D eigenvalue weighted by Gasteiger charge is -2.29. The number of hydrogen-bond donors (Lipinski definition) is 1. The number of sulfonamides is 1. The minimum atomic E-state index is -4.30. The van der Waals surface area contributed by atoms with Gasteiger partial charge in [-0.15, -0.1) is 0 Å². The van der Waals surface area contributed by atoms with E-state index in [0.29, 0.717) is 24.7 Å². The number of fused-ring (bicyclic) bond motifs is 1. The van der Waals surface area contributed by atoms with Gasteiger partial charge in [0.15, 0.2) is 0 Å². The highest BCUT2D eigenvalue weighted by molar-refractivity contribution is 7.92. The Labute approximate surface area is 150 Å². The maximum absolute atomic E-state index is 13.8. The molecular formula is C18H18F2N2O3S. The van der Waals surface area contributed by atoms with Gasteiger partial charge in [0.2, 0.25) is 5.91 Å². The number of rotatable bonds is 4. The van der Waals surface area contributed by atoms with E-state index in [0.717, 1.165) is 30.5 Å². The van der Waals surface area contributed by atoms with Crippen LogP contribution in [0.3, 0.4) is 0 Å². The van der Waals surface area contributed by atoms with E-state index >= 15 is 0 Å². The highest BCUT2D eigenvalue weighted by Gasteiger charge is 2.24. The van der Waals surface area contributed by atoms with Crippen molar-refractivity contribution < 1.29 is 22.0 Å². The van der Waals surface area contributed by atoms with Crippen LogP contribution >= 0.6 is 0 Å². The molecule has 2 aromatic rings. The van der Waals surface area contributed by atoms with Gasteiger partial charge < -0.3 is 4.90 Å². The molecule has 138 valence electrons. The molecule has 2 aromatic carbocycles. The van der Waals surface area contributed by atoms with Gasteiger partial charge in [-0.25, -0.2) is 17.2 Å². The number of aryl methyl sites for hydroxylation is 1. The molecule has 1 N–H and O–H groups in total. The molecule has 0 fully saturated rings. The van der Waals surface area contributed by atoms with Crippen LogP contribution in [0.25, 0.3) is 0 Å². The first-order valence-corrected chi connectivity index (χ1v) is 9.71. The van der Waals surface area contributed by atoms with E-state index in [9.17, 15) is 22.0 Å². The van der Waals surface area contributed by atoms with Gasteiger partial charge in [0.25, 0.3) is 10.0 Å². The fraction of sp³-hybridized carbons (Fsp3) is 0.278. The second-order valence-electron chi connectivity index (χ2n) is 6.03. The van der Waals surface area contributed by atoms with Crippen molar-refractivity contribution in [3.63, 3.8) is 0 Å². The quantitative estimate of drug-likeness (QED) is 0.883. The molecule has 0 saturated carbocycles. The van der Waals surface area contributed by atoms with Crippen LogP contribution in [0.1, 0.15) is 25.3 Å². The van der Waals surface area contributed by atoms with Gasteiger partial charge in [0.1, 0.15) is 16.5 Å². The lowest BCUT2D eigenvalue weighted by atomic mass is 10.0. The molecule has 1 amide bonds. The summed E-state index contributed by atoms with van der Waals surface area (Å²) in [6.07, 6.45) is 1.95. The fourth-order valence-corrected chi connectivity index (χ4v) is 4.12. The number of anilines is 2. The summed E-state index contributed by atoms with van der Waals surface area (Å²) in [7, 11) is -4.30. The first kappa shape index (κ1) is 18.3. The standard InChI is InChI=1S/C18H18F2N2O3S/c1-2-18(23)22-9-3-4-12-5-7-14(11-16(12)22)21-26(24,25)17-10-13(19)6-8-15(17)20/h5-8,10-11,21H,2-4,9H2,1H3. The van der Waals surface area contributed by atoms with E-state index in [-0.39, 0.29) is 11.6 Å². The van der Waals surface area contributed by atoms with Crippen LogP contribution in [-0.2, 0) is 21.2 Å². The normalized spacial score (nSPS) is 14.0. The number of hydrogen-bond acceptors (Lipinski definition) is 3. The highest BCUT2D eigenvalue weighted by atomic mass is 32.2. The maximum Gasteiger partial charge on any atom is 0.264 e. The molecule has 0 bridgehead atoms. The van der Waals surface area contributed by atoms with Crippen LogP contribution in [0, 0.1) is 11.6 Å². The lowest BCUT2D eigenvalue weighted by Crippen LogP contribution is -2.35. The summed E-state index contributed by atoms with van der Waals surface area (Å²) in [6.45, 7) is 2.32. The zero-order chi connectivity index (χ0) is 18.9. The lowest BCUT2D eigenvalue weighted by molar-refractivity contribution is -0.118. The Bertz CT molecular complexity index is 961. The second kappa shape index (κ2) is 7.03. The summed E-state index contributed by atoms with van der Waals surface area (Å²) in [5.74, 6) is -1.95. The van der Waals surface area contributed by atoms with Gasteiger partial charge in [-0.1, -0.05) is 13.0 Å². The minimum Gasteiger partial charge on any atom is -0.312 e. The monoisotopic (exact) mass is 380 g/mol. The van der Waals surface area contributed by atoms with Crippen molar-refractivity contribution in [2.75, 3.05) is 16.2 Å². The summed E-state index contributed by atoms with van der Waals surface area (Å²) >= 11 is 0. The molecule has 8 heteroatoms. The molecular weight excluding hydrogens is 362 g/mol. The molecule has 0 aliphatic carbocycles. The molecule has 0 aromatic heterocycles. The summed E-state index contributed by atoms with van der Waals surface area (Å²) in [4.78, 5) is 13.0. The van der Waals surface area contributed by atoms with Gasteiger partial charge in [-0.2, -0.15) is 0 Å². The van der Waals surface area contributed by atoms with Gasteiger partial charge in [0.05, 0.1) is 5.69 Å². The average Bonchev–Trinajstić information content (AvgIpc) is 2.62. The maximum atomic E-state index is 13.8. The van der Waals surface area contributed by atoms with Crippen molar-refractivity contribution in [1.29, 1.82) is 0 Å². The van der Waals surface area contributed by atoms with Crippen LogP contribution in [0.2, 0.25) is 0 Å². The molecule has 1 heterocycles. The van der Waals surface area contributed by atoms with E-state index in [1.165, 1.54) is 0 Å². The van der Waals surface area contributed by atoms with Gasteiger partial charge in [-0.3, -0.25) is 9.52 Å². The molecule has 0 saturated heterocycles. The largest absolute Gasteiger partial charge is 0.312 e. The number of amides is 1. The number of benzene rings is 2. The molecule has 0 spiro atoms. The van der Waals surface area contributed by atoms with Crippen molar-refractivity contribution in [1.82, 2.24) is 0 Å². The Hall–Kier alpha value is -2.48. The third-order valence-corrected chi connectivity index (χ3v) is 5.64. The first-order chi connectivity index (χ1) is 12.3. The van der Waals surface area contributed by atoms with E-state index < -0.39 is 26.6 Å². The van der Waals surface area contributed by atoms with E-state index in [1.54, 1.807) is 30.0 Å². The molecule has 26 heavy (non-hydrogen) atoms. The third-order valence-electron chi connectivity index (χ3n) is 4.24. The Morgan fingerprint density at radius 3 is 2.69 bits per heavy atom. The zero-order valence-electron chi connectivity index (χ0n) is 14.1. The second-order valence-corrected chi connectivity index (χ2v) is 7.68. The van der Waals surface area contributed by atoms with Crippen LogP contribution in [0.5, 0.6) is 0 Å². The molecule has 5 nitrogen and oxygen atoms in total. The third kappa shape index (κ3) is 3.55. The molecule has 1 aliphatic heterocycles. The van der Waals surface area contributed by atoms with Crippen molar-refractivity contribution in [3.05, 3.63) is 53.6 Å². The van der Waals surface area contributed by atoms with E-state index in [1.807, 2.05) is 0 Å². The summed E-state index contributed by atoms with van der Waals surface area (Å²) in [6, 6.07) is 7.08. The highest BCUT2D eigenvalue weighted by Crippen LogP contribution is 2.31. The Morgan fingerprint density at radius 1 is 1.19 bits per heavy atom. The summed E-state index contributed by atoms with van der Waals surface area (Å²) in [5.41, 5.74) is 1.77. The van der Waals surface area contributed by atoms with Crippen molar-refractivity contribution in [2.24, 2.45) is 0 Å². The first-order valence-electron chi connectivity index (χ1n) is 8.23. The van der Waals surface area contributed by atoms with Crippen LogP contribution in [-0.4, -0.2) is 20.9 Å². The number of carbonyl (C=O) groups excluding carboxylic acids is 1.